The highest BCUT2D eigenvalue weighted by Crippen LogP contribution is 2.29. The zero-order valence-corrected chi connectivity index (χ0v) is 12.5. The molecule has 0 heterocycles. The second-order valence-electron chi connectivity index (χ2n) is 4.96. The third-order valence-electron chi connectivity index (χ3n) is 2.76. The summed E-state index contributed by atoms with van der Waals surface area (Å²) in [5, 5.41) is 18.3. The van der Waals surface area contributed by atoms with Crippen molar-refractivity contribution in [3.8, 4) is 11.8 Å². The van der Waals surface area contributed by atoms with Crippen molar-refractivity contribution in [3.05, 3.63) is 27.7 Å². The predicted octanol–water partition coefficient (Wildman–Crippen LogP) is 3.57. The van der Waals surface area contributed by atoms with Gasteiger partial charge in [-0.3, -0.25) is 0 Å². The molecule has 1 N–H and O–H groups in total. The van der Waals surface area contributed by atoms with Gasteiger partial charge in [-0.2, -0.15) is 5.26 Å². The van der Waals surface area contributed by atoms with Crippen molar-refractivity contribution in [2.75, 3.05) is 6.61 Å². The van der Waals surface area contributed by atoms with E-state index in [9.17, 15) is 5.11 Å². The standard InChI is InChI=1S/C14H18BrNO2/c1-10-6-12(15)7-11(8-17)13(10)18-5-4-14(2,3)9-16/h6-7,17H,4-5,8H2,1-3H3. The minimum absolute atomic E-state index is 0.0583. The van der Waals surface area contributed by atoms with Crippen molar-refractivity contribution >= 4 is 15.9 Å². The van der Waals surface area contributed by atoms with Gasteiger partial charge >= 0.3 is 0 Å². The summed E-state index contributed by atoms with van der Waals surface area (Å²) >= 11 is 3.39. The van der Waals surface area contributed by atoms with Gasteiger partial charge in [-0.15, -0.1) is 0 Å². The molecule has 0 atom stereocenters. The van der Waals surface area contributed by atoms with Gasteiger partial charge in [0.2, 0.25) is 0 Å². The Morgan fingerprint density at radius 3 is 2.67 bits per heavy atom. The molecule has 0 amide bonds. The van der Waals surface area contributed by atoms with E-state index in [4.69, 9.17) is 10.00 Å². The van der Waals surface area contributed by atoms with E-state index in [0.29, 0.717) is 13.0 Å². The molecule has 0 unspecified atom stereocenters. The Morgan fingerprint density at radius 2 is 2.11 bits per heavy atom. The van der Waals surface area contributed by atoms with Crippen LogP contribution in [0.25, 0.3) is 0 Å². The van der Waals surface area contributed by atoms with Crippen molar-refractivity contribution in [2.24, 2.45) is 5.41 Å². The fourth-order valence-electron chi connectivity index (χ4n) is 1.59. The van der Waals surface area contributed by atoms with Gasteiger partial charge in [0.15, 0.2) is 0 Å². The lowest BCUT2D eigenvalue weighted by molar-refractivity contribution is 0.242. The average molecular weight is 312 g/mol. The first-order valence-corrected chi connectivity index (χ1v) is 6.63. The van der Waals surface area contributed by atoms with E-state index in [-0.39, 0.29) is 12.0 Å². The SMILES string of the molecule is Cc1cc(Br)cc(CO)c1OCCC(C)(C)C#N. The molecule has 0 aliphatic heterocycles. The van der Waals surface area contributed by atoms with Crippen LogP contribution in [0.5, 0.6) is 5.75 Å². The number of aliphatic hydroxyl groups is 1. The average Bonchev–Trinajstić information content (AvgIpc) is 2.31. The molecule has 1 aromatic rings. The molecule has 0 bridgehead atoms. The van der Waals surface area contributed by atoms with Crippen LogP contribution in [0.2, 0.25) is 0 Å². The zero-order chi connectivity index (χ0) is 13.8. The van der Waals surface area contributed by atoms with E-state index in [0.717, 1.165) is 21.3 Å². The van der Waals surface area contributed by atoms with Gasteiger partial charge < -0.3 is 9.84 Å². The number of hydrogen-bond donors (Lipinski definition) is 1. The molecule has 3 nitrogen and oxygen atoms in total. The first-order valence-electron chi connectivity index (χ1n) is 5.83. The zero-order valence-electron chi connectivity index (χ0n) is 11.0. The number of nitriles is 1. The molecule has 1 rings (SSSR count). The normalized spacial score (nSPS) is 11.1. The molecule has 0 fully saturated rings. The fourth-order valence-corrected chi connectivity index (χ4v) is 2.21. The smallest absolute Gasteiger partial charge is 0.127 e. The molecule has 0 aromatic heterocycles. The molecule has 4 heteroatoms. The number of benzene rings is 1. The van der Waals surface area contributed by atoms with Crippen LogP contribution in [-0.4, -0.2) is 11.7 Å². The number of rotatable bonds is 5. The lowest BCUT2D eigenvalue weighted by atomic mass is 9.92. The number of nitrogens with zero attached hydrogens (tertiary/aromatic N) is 1. The van der Waals surface area contributed by atoms with Crippen LogP contribution in [0.15, 0.2) is 16.6 Å². The third-order valence-corrected chi connectivity index (χ3v) is 3.22. The summed E-state index contributed by atoms with van der Waals surface area (Å²) in [7, 11) is 0. The summed E-state index contributed by atoms with van der Waals surface area (Å²) in [4.78, 5) is 0. The molecule has 18 heavy (non-hydrogen) atoms. The van der Waals surface area contributed by atoms with Gasteiger partial charge in [0.25, 0.3) is 0 Å². The second-order valence-corrected chi connectivity index (χ2v) is 5.88. The maximum atomic E-state index is 9.32. The van der Waals surface area contributed by atoms with Gasteiger partial charge in [0, 0.05) is 10.0 Å². The van der Waals surface area contributed by atoms with E-state index >= 15 is 0 Å². The molecule has 0 radical (unpaired) electrons. The molecule has 0 saturated heterocycles. The van der Waals surface area contributed by atoms with Crippen LogP contribution in [0, 0.1) is 23.7 Å². The van der Waals surface area contributed by atoms with E-state index in [1.54, 1.807) is 0 Å². The monoisotopic (exact) mass is 311 g/mol. The predicted molar refractivity (Wildman–Crippen MR) is 74.3 cm³/mol. The number of ether oxygens (including phenoxy) is 1. The van der Waals surface area contributed by atoms with Crippen LogP contribution in [0.3, 0.4) is 0 Å². The summed E-state index contributed by atoms with van der Waals surface area (Å²) < 4.78 is 6.64. The first kappa shape index (κ1) is 15.0. The highest BCUT2D eigenvalue weighted by atomic mass is 79.9. The van der Waals surface area contributed by atoms with E-state index in [1.807, 2.05) is 32.9 Å². The summed E-state index contributed by atoms with van der Waals surface area (Å²) in [5.41, 5.74) is 1.35. The van der Waals surface area contributed by atoms with Gasteiger partial charge in [0.05, 0.1) is 24.7 Å². The Kier molecular flexibility index (Phi) is 5.18. The van der Waals surface area contributed by atoms with Crippen molar-refractivity contribution in [1.29, 1.82) is 5.26 Å². The molecular weight excluding hydrogens is 294 g/mol. The largest absolute Gasteiger partial charge is 0.493 e. The number of aryl methyl sites for hydroxylation is 1. The number of hydrogen-bond acceptors (Lipinski definition) is 3. The van der Waals surface area contributed by atoms with Crippen molar-refractivity contribution in [3.63, 3.8) is 0 Å². The van der Waals surface area contributed by atoms with Gasteiger partial charge in [0.1, 0.15) is 5.75 Å². The van der Waals surface area contributed by atoms with Crippen LogP contribution < -0.4 is 4.74 Å². The van der Waals surface area contributed by atoms with Gasteiger partial charge in [-0.1, -0.05) is 15.9 Å². The maximum Gasteiger partial charge on any atom is 0.127 e. The van der Waals surface area contributed by atoms with E-state index < -0.39 is 0 Å². The summed E-state index contributed by atoms with van der Waals surface area (Å²) in [6.45, 7) is 6.12. The van der Waals surface area contributed by atoms with E-state index in [1.165, 1.54) is 0 Å². The molecule has 0 aliphatic rings. The summed E-state index contributed by atoms with van der Waals surface area (Å²) in [6, 6.07) is 6.04. The topological polar surface area (TPSA) is 53.2 Å². The fraction of sp³-hybridized carbons (Fsp3) is 0.500. The molecule has 0 spiro atoms. The number of aliphatic hydroxyl groups excluding tert-OH is 1. The van der Waals surface area contributed by atoms with Gasteiger partial charge in [-0.05, 0) is 44.9 Å². The Bertz CT molecular complexity index is 464. The van der Waals surface area contributed by atoms with Crippen LogP contribution in [0.1, 0.15) is 31.4 Å². The Labute approximate surface area is 117 Å². The minimum Gasteiger partial charge on any atom is -0.493 e. The molecular formula is C14H18BrNO2. The lowest BCUT2D eigenvalue weighted by Gasteiger charge is -2.18. The van der Waals surface area contributed by atoms with Crippen LogP contribution in [-0.2, 0) is 6.61 Å². The van der Waals surface area contributed by atoms with Crippen LogP contribution in [0.4, 0.5) is 0 Å². The maximum absolute atomic E-state index is 9.32. The summed E-state index contributed by atoms with van der Waals surface area (Å²) in [5.74, 6) is 0.717. The van der Waals surface area contributed by atoms with Crippen molar-refractivity contribution in [1.82, 2.24) is 0 Å². The third kappa shape index (κ3) is 4.01. The van der Waals surface area contributed by atoms with Crippen LogP contribution >= 0.6 is 15.9 Å². The quantitative estimate of drug-likeness (QED) is 0.904. The van der Waals surface area contributed by atoms with Crippen molar-refractivity contribution < 1.29 is 9.84 Å². The highest BCUT2D eigenvalue weighted by molar-refractivity contribution is 9.10. The molecule has 0 aliphatic carbocycles. The lowest BCUT2D eigenvalue weighted by Crippen LogP contribution is -2.14. The Balaban J connectivity index is 2.77. The first-order chi connectivity index (χ1) is 8.39. The van der Waals surface area contributed by atoms with E-state index in [2.05, 4.69) is 22.0 Å². The molecule has 0 saturated carbocycles. The molecule has 1 aromatic carbocycles. The molecule has 98 valence electrons. The second kappa shape index (κ2) is 6.21. The summed E-state index contributed by atoms with van der Waals surface area (Å²) in [6.07, 6.45) is 0.657. The van der Waals surface area contributed by atoms with Gasteiger partial charge in [-0.25, -0.2) is 0 Å². The minimum atomic E-state index is -0.386. The Hall–Kier alpha value is -1.05. The highest BCUT2D eigenvalue weighted by Gasteiger charge is 2.17. The van der Waals surface area contributed by atoms with Crippen molar-refractivity contribution in [2.45, 2.75) is 33.8 Å². The number of halogens is 1. The Morgan fingerprint density at radius 1 is 1.44 bits per heavy atom.